The Balaban J connectivity index is 2.03. The second-order valence-electron chi connectivity index (χ2n) is 8.95. The largest absolute Gasteiger partial charge is 0.469 e. The number of hydrogen-bond donors (Lipinski definition) is 1. The Morgan fingerprint density at radius 2 is 1.74 bits per heavy atom. The van der Waals surface area contributed by atoms with E-state index < -0.39 is 13.7 Å². The maximum atomic E-state index is 12.5. The number of rotatable bonds is 9. The standard InChI is InChI=1S/C23H31ClNO5P/c1-15(2)21(22(27)29-14-23(3,4)5)25-31(24)30-19-10-9-17-11-16(12-20(26)28-6)7-8-18(17)13-19/h7-11,13,15,21,25H,12,14H2,1-6H3. The topological polar surface area (TPSA) is 73.9 Å². The van der Waals surface area contributed by atoms with Crippen LogP contribution in [0.1, 0.15) is 40.2 Å². The van der Waals surface area contributed by atoms with Crippen LogP contribution in [-0.2, 0) is 25.5 Å². The van der Waals surface area contributed by atoms with Gasteiger partial charge in [-0.1, -0.05) is 58.9 Å². The summed E-state index contributed by atoms with van der Waals surface area (Å²) in [5.74, 6) is -0.0331. The molecule has 0 saturated heterocycles. The zero-order chi connectivity index (χ0) is 23.2. The smallest absolute Gasteiger partial charge is 0.323 e. The van der Waals surface area contributed by atoms with Gasteiger partial charge in [0.15, 0.2) is 0 Å². The maximum absolute atomic E-state index is 12.5. The minimum absolute atomic E-state index is 0.00958. The van der Waals surface area contributed by atoms with E-state index in [1.165, 1.54) is 7.11 Å². The number of ether oxygens (including phenoxy) is 2. The molecule has 0 radical (unpaired) electrons. The Hall–Kier alpha value is -1.88. The maximum Gasteiger partial charge on any atom is 0.323 e. The van der Waals surface area contributed by atoms with Crippen LogP contribution in [0.15, 0.2) is 36.4 Å². The SMILES string of the molecule is COC(=O)Cc1ccc2cc(OP(Cl)NC(C(=O)OCC(C)(C)C)C(C)C)ccc2c1. The molecule has 2 rings (SSSR count). The van der Waals surface area contributed by atoms with Gasteiger partial charge in [0.2, 0.25) is 0 Å². The van der Waals surface area contributed by atoms with E-state index in [0.29, 0.717) is 12.4 Å². The molecule has 2 unspecified atom stereocenters. The van der Waals surface area contributed by atoms with Crippen molar-refractivity contribution in [1.82, 2.24) is 5.09 Å². The third-order valence-corrected chi connectivity index (χ3v) is 5.80. The van der Waals surface area contributed by atoms with Gasteiger partial charge >= 0.3 is 11.9 Å². The van der Waals surface area contributed by atoms with Crippen molar-refractivity contribution in [3.63, 3.8) is 0 Å². The highest BCUT2D eigenvalue weighted by atomic mass is 35.7. The average molecular weight is 468 g/mol. The van der Waals surface area contributed by atoms with Gasteiger partial charge in [-0.25, -0.2) is 5.09 Å². The lowest BCUT2D eigenvalue weighted by molar-refractivity contribution is -0.149. The molecule has 0 aromatic heterocycles. The summed E-state index contributed by atoms with van der Waals surface area (Å²) in [4.78, 5) is 24.0. The van der Waals surface area contributed by atoms with Crippen molar-refractivity contribution < 1.29 is 23.6 Å². The first-order valence-corrected chi connectivity index (χ1v) is 12.3. The highest BCUT2D eigenvalue weighted by molar-refractivity contribution is 7.78. The van der Waals surface area contributed by atoms with Crippen molar-refractivity contribution in [2.75, 3.05) is 13.7 Å². The quantitative estimate of drug-likeness (QED) is 0.382. The van der Waals surface area contributed by atoms with Crippen LogP contribution in [-0.4, -0.2) is 31.7 Å². The molecule has 2 aromatic carbocycles. The molecule has 0 bridgehead atoms. The van der Waals surface area contributed by atoms with Crippen LogP contribution in [0.3, 0.4) is 0 Å². The highest BCUT2D eigenvalue weighted by Crippen LogP contribution is 2.41. The van der Waals surface area contributed by atoms with Gasteiger partial charge < -0.3 is 14.0 Å². The van der Waals surface area contributed by atoms with E-state index in [-0.39, 0.29) is 29.7 Å². The third-order valence-electron chi connectivity index (χ3n) is 4.45. The molecule has 8 heteroatoms. The zero-order valence-corrected chi connectivity index (χ0v) is 20.5. The first kappa shape index (κ1) is 25.4. The molecule has 0 spiro atoms. The summed E-state index contributed by atoms with van der Waals surface area (Å²) in [6.07, 6.45) is 0.226. The Labute approximate surface area is 190 Å². The van der Waals surface area contributed by atoms with Crippen LogP contribution in [0.4, 0.5) is 0 Å². The van der Waals surface area contributed by atoms with Crippen molar-refractivity contribution in [2.24, 2.45) is 11.3 Å². The number of methoxy groups -OCH3 is 1. The van der Waals surface area contributed by atoms with E-state index in [2.05, 4.69) is 5.09 Å². The van der Waals surface area contributed by atoms with Crippen molar-refractivity contribution in [2.45, 2.75) is 47.1 Å². The normalized spacial score (nSPS) is 13.7. The number of fused-ring (bicyclic) bond motifs is 1. The minimum atomic E-state index is -1.62. The molecule has 0 aliphatic rings. The predicted molar refractivity (Wildman–Crippen MR) is 125 cm³/mol. The number of nitrogens with one attached hydrogen (secondary N) is 1. The molecule has 0 saturated carbocycles. The predicted octanol–water partition coefficient (Wildman–Crippen LogP) is 5.60. The number of carbonyl (C=O) groups excluding carboxylic acids is 2. The van der Waals surface area contributed by atoms with Crippen molar-refractivity contribution in [1.29, 1.82) is 0 Å². The summed E-state index contributed by atoms with van der Waals surface area (Å²) in [5, 5.41) is 5.00. The lowest BCUT2D eigenvalue weighted by Crippen LogP contribution is -2.40. The first-order chi connectivity index (χ1) is 14.5. The molecule has 1 N–H and O–H groups in total. The van der Waals surface area contributed by atoms with E-state index >= 15 is 0 Å². The van der Waals surface area contributed by atoms with E-state index in [0.717, 1.165) is 16.3 Å². The molecule has 2 aromatic rings. The second kappa shape index (κ2) is 11.1. The van der Waals surface area contributed by atoms with Gasteiger partial charge in [-0.15, -0.1) is 0 Å². The van der Waals surface area contributed by atoms with Gasteiger partial charge in [0, 0.05) is 0 Å². The summed E-state index contributed by atoms with van der Waals surface area (Å²) in [7, 11) is -0.241. The third kappa shape index (κ3) is 8.29. The lowest BCUT2D eigenvalue weighted by Gasteiger charge is -2.25. The molecule has 0 amide bonds. The molecule has 0 aliphatic carbocycles. The van der Waals surface area contributed by atoms with E-state index in [1.807, 2.05) is 71.0 Å². The lowest BCUT2D eigenvalue weighted by atomic mass is 9.98. The van der Waals surface area contributed by atoms with E-state index in [4.69, 9.17) is 25.2 Å². The molecule has 2 atom stereocenters. The van der Waals surface area contributed by atoms with Crippen molar-refractivity contribution in [3.05, 3.63) is 42.0 Å². The van der Waals surface area contributed by atoms with Gasteiger partial charge in [0.25, 0.3) is 7.65 Å². The summed E-state index contributed by atoms with van der Waals surface area (Å²) >= 11 is 6.41. The number of hydrogen-bond acceptors (Lipinski definition) is 6. The fraction of sp³-hybridized carbons (Fsp3) is 0.478. The van der Waals surface area contributed by atoms with Crippen LogP contribution < -0.4 is 9.61 Å². The summed E-state index contributed by atoms with van der Waals surface area (Å²) in [6.45, 7) is 10.2. The summed E-state index contributed by atoms with van der Waals surface area (Å²) in [5.41, 5.74) is 0.768. The van der Waals surface area contributed by atoms with E-state index in [9.17, 15) is 9.59 Å². The molecule has 31 heavy (non-hydrogen) atoms. The van der Waals surface area contributed by atoms with Gasteiger partial charge in [-0.2, -0.15) is 0 Å². The highest BCUT2D eigenvalue weighted by Gasteiger charge is 2.28. The van der Waals surface area contributed by atoms with Gasteiger partial charge in [0.05, 0.1) is 20.1 Å². The summed E-state index contributed by atoms with van der Waals surface area (Å²) < 4.78 is 16.0. The molecule has 0 heterocycles. The summed E-state index contributed by atoms with van der Waals surface area (Å²) in [6, 6.07) is 10.8. The molecule has 6 nitrogen and oxygen atoms in total. The molecular weight excluding hydrogens is 437 g/mol. The number of halogens is 1. The van der Waals surface area contributed by atoms with Crippen LogP contribution >= 0.6 is 18.9 Å². The number of esters is 2. The molecule has 170 valence electrons. The van der Waals surface area contributed by atoms with Crippen LogP contribution in [0.25, 0.3) is 10.8 Å². The fourth-order valence-corrected chi connectivity index (χ4v) is 4.29. The Bertz CT molecular complexity index is 912. The Morgan fingerprint density at radius 1 is 1.10 bits per heavy atom. The number of carbonyl (C=O) groups is 2. The van der Waals surface area contributed by atoms with Crippen molar-refractivity contribution >= 4 is 41.6 Å². The first-order valence-electron chi connectivity index (χ1n) is 10.1. The van der Waals surface area contributed by atoms with Crippen molar-refractivity contribution in [3.8, 4) is 5.75 Å². The van der Waals surface area contributed by atoms with Gasteiger partial charge in [0.1, 0.15) is 11.8 Å². The van der Waals surface area contributed by atoms with Gasteiger partial charge in [-0.3, -0.25) is 9.59 Å². The Kier molecular flexibility index (Phi) is 9.11. The minimum Gasteiger partial charge on any atom is -0.469 e. The zero-order valence-electron chi connectivity index (χ0n) is 18.9. The van der Waals surface area contributed by atoms with Crippen LogP contribution in [0.2, 0.25) is 0 Å². The fourth-order valence-electron chi connectivity index (χ4n) is 2.76. The van der Waals surface area contributed by atoms with E-state index in [1.54, 1.807) is 0 Å². The molecular formula is C23H31ClNO5P. The second-order valence-corrected chi connectivity index (χ2v) is 10.8. The van der Waals surface area contributed by atoms with Crippen LogP contribution in [0, 0.1) is 11.3 Å². The average Bonchev–Trinajstić information content (AvgIpc) is 2.69. The van der Waals surface area contributed by atoms with Crippen LogP contribution in [0.5, 0.6) is 5.75 Å². The Morgan fingerprint density at radius 3 is 2.35 bits per heavy atom. The molecule has 0 fully saturated rings. The number of benzene rings is 2. The molecule has 0 aliphatic heterocycles. The monoisotopic (exact) mass is 467 g/mol. The van der Waals surface area contributed by atoms with Gasteiger partial charge in [-0.05, 0) is 51.0 Å².